The molecule has 1 aliphatic carbocycles. The summed E-state index contributed by atoms with van der Waals surface area (Å²) in [5.41, 5.74) is -0.0976. The molecule has 2 nitrogen and oxygen atoms in total. The van der Waals surface area contributed by atoms with Crippen LogP contribution in [0.2, 0.25) is 0 Å². The van der Waals surface area contributed by atoms with Crippen molar-refractivity contribution in [2.75, 3.05) is 7.11 Å². The number of methoxy groups -OCH3 is 1. The molecule has 1 fully saturated rings. The summed E-state index contributed by atoms with van der Waals surface area (Å²) >= 11 is 0. The lowest BCUT2D eigenvalue weighted by atomic mass is 9.68. The van der Waals surface area contributed by atoms with Gasteiger partial charge >= 0.3 is 0 Å². The van der Waals surface area contributed by atoms with Crippen molar-refractivity contribution in [1.29, 1.82) is 5.26 Å². The zero-order valence-electron chi connectivity index (χ0n) is 11.0. The van der Waals surface area contributed by atoms with Crippen molar-refractivity contribution in [2.45, 2.75) is 64.9 Å². The lowest BCUT2D eigenvalue weighted by molar-refractivity contribution is 0.0611. The summed E-state index contributed by atoms with van der Waals surface area (Å²) < 4.78 is 5.30. The molecule has 0 N–H and O–H groups in total. The Labute approximate surface area is 100.0 Å². The van der Waals surface area contributed by atoms with Gasteiger partial charge in [-0.1, -0.05) is 19.8 Å². The molecular weight excluding hydrogens is 198 g/mol. The first-order valence-corrected chi connectivity index (χ1v) is 6.60. The van der Waals surface area contributed by atoms with E-state index in [1.54, 1.807) is 7.11 Å². The van der Waals surface area contributed by atoms with Crippen LogP contribution in [-0.4, -0.2) is 13.2 Å². The molecule has 92 valence electrons. The van der Waals surface area contributed by atoms with Crippen LogP contribution in [0.5, 0.6) is 0 Å². The van der Waals surface area contributed by atoms with E-state index in [1.165, 1.54) is 25.7 Å². The summed E-state index contributed by atoms with van der Waals surface area (Å²) in [6.07, 6.45) is 8.33. The van der Waals surface area contributed by atoms with Gasteiger partial charge in [-0.2, -0.15) is 5.26 Å². The monoisotopic (exact) mass is 223 g/mol. The number of hydrogen-bond donors (Lipinski definition) is 0. The standard InChI is InChI=1S/C14H25NO/c1-4-5-13-6-8-14(11-15,9-7-13)10-12(2)16-3/h12-13H,4-10H2,1-3H3. The van der Waals surface area contributed by atoms with Gasteiger partial charge in [0.2, 0.25) is 0 Å². The van der Waals surface area contributed by atoms with E-state index in [-0.39, 0.29) is 11.5 Å². The van der Waals surface area contributed by atoms with Crippen molar-refractivity contribution >= 4 is 0 Å². The normalized spacial score (nSPS) is 32.0. The highest BCUT2D eigenvalue weighted by Crippen LogP contribution is 2.43. The minimum atomic E-state index is -0.0976. The van der Waals surface area contributed by atoms with Crippen LogP contribution < -0.4 is 0 Å². The Morgan fingerprint density at radius 3 is 2.50 bits per heavy atom. The fourth-order valence-electron chi connectivity index (χ4n) is 2.92. The maximum Gasteiger partial charge on any atom is 0.0690 e. The van der Waals surface area contributed by atoms with Crippen LogP contribution in [0.4, 0.5) is 0 Å². The van der Waals surface area contributed by atoms with Crippen LogP contribution in [0.25, 0.3) is 0 Å². The minimum Gasteiger partial charge on any atom is -0.382 e. The van der Waals surface area contributed by atoms with Gasteiger partial charge in [0.25, 0.3) is 0 Å². The van der Waals surface area contributed by atoms with E-state index in [4.69, 9.17) is 4.74 Å². The van der Waals surface area contributed by atoms with Gasteiger partial charge in [0.15, 0.2) is 0 Å². The van der Waals surface area contributed by atoms with E-state index in [0.717, 1.165) is 25.2 Å². The smallest absolute Gasteiger partial charge is 0.0690 e. The van der Waals surface area contributed by atoms with E-state index in [0.29, 0.717) is 0 Å². The Hall–Kier alpha value is -0.550. The SMILES string of the molecule is CCCC1CCC(C#N)(CC(C)OC)CC1. The van der Waals surface area contributed by atoms with Gasteiger partial charge in [-0.25, -0.2) is 0 Å². The predicted molar refractivity (Wildman–Crippen MR) is 66.0 cm³/mol. The number of nitrogens with zero attached hydrogens (tertiary/aromatic N) is 1. The first-order valence-electron chi connectivity index (χ1n) is 6.60. The summed E-state index contributed by atoms with van der Waals surface area (Å²) in [4.78, 5) is 0. The molecule has 0 spiro atoms. The summed E-state index contributed by atoms with van der Waals surface area (Å²) in [5, 5.41) is 9.40. The number of hydrogen-bond acceptors (Lipinski definition) is 2. The van der Waals surface area contributed by atoms with Crippen molar-refractivity contribution in [1.82, 2.24) is 0 Å². The molecule has 1 saturated carbocycles. The van der Waals surface area contributed by atoms with Crippen LogP contribution in [0.1, 0.15) is 58.8 Å². The van der Waals surface area contributed by atoms with E-state index < -0.39 is 0 Å². The summed E-state index contributed by atoms with van der Waals surface area (Å²) in [6, 6.07) is 2.57. The molecule has 0 radical (unpaired) electrons. The molecule has 0 saturated heterocycles. The van der Waals surface area contributed by atoms with Crippen LogP contribution >= 0.6 is 0 Å². The van der Waals surface area contributed by atoms with E-state index in [9.17, 15) is 5.26 Å². The summed E-state index contributed by atoms with van der Waals surface area (Å²) in [7, 11) is 1.73. The summed E-state index contributed by atoms with van der Waals surface area (Å²) in [6.45, 7) is 4.32. The van der Waals surface area contributed by atoms with Crippen molar-refractivity contribution in [2.24, 2.45) is 11.3 Å². The maximum atomic E-state index is 9.40. The van der Waals surface area contributed by atoms with Crippen LogP contribution in [-0.2, 0) is 4.74 Å². The third kappa shape index (κ3) is 3.49. The van der Waals surface area contributed by atoms with Gasteiger partial charge in [0.05, 0.1) is 17.6 Å². The average molecular weight is 223 g/mol. The molecule has 1 unspecified atom stereocenters. The molecule has 0 bridgehead atoms. The van der Waals surface area contributed by atoms with Gasteiger partial charge in [0.1, 0.15) is 0 Å². The van der Waals surface area contributed by atoms with Crippen molar-refractivity contribution in [3.8, 4) is 6.07 Å². The molecule has 16 heavy (non-hydrogen) atoms. The van der Waals surface area contributed by atoms with Gasteiger partial charge in [-0.15, -0.1) is 0 Å². The van der Waals surface area contributed by atoms with Gasteiger partial charge in [-0.05, 0) is 44.9 Å². The quantitative estimate of drug-likeness (QED) is 0.708. The largest absolute Gasteiger partial charge is 0.382 e. The lowest BCUT2D eigenvalue weighted by Gasteiger charge is -2.36. The molecule has 1 aliphatic rings. The number of ether oxygens (including phenoxy) is 1. The zero-order valence-corrected chi connectivity index (χ0v) is 11.0. The molecule has 0 aromatic heterocycles. The van der Waals surface area contributed by atoms with E-state index in [2.05, 4.69) is 19.9 Å². The van der Waals surface area contributed by atoms with E-state index in [1.807, 2.05) is 0 Å². The van der Waals surface area contributed by atoms with Crippen LogP contribution in [0, 0.1) is 22.7 Å². The highest BCUT2D eigenvalue weighted by atomic mass is 16.5. The predicted octanol–water partition coefficient (Wildman–Crippen LogP) is 3.91. The Balaban J connectivity index is 2.49. The Bertz CT molecular complexity index is 236. The molecule has 0 aromatic carbocycles. The van der Waals surface area contributed by atoms with Gasteiger partial charge < -0.3 is 4.74 Å². The fourth-order valence-corrected chi connectivity index (χ4v) is 2.92. The topological polar surface area (TPSA) is 33.0 Å². The first kappa shape index (κ1) is 13.5. The fraction of sp³-hybridized carbons (Fsp3) is 0.929. The molecule has 0 aliphatic heterocycles. The molecule has 2 heteroatoms. The molecule has 0 heterocycles. The van der Waals surface area contributed by atoms with Crippen LogP contribution in [0.15, 0.2) is 0 Å². The number of rotatable bonds is 5. The third-order valence-corrected chi connectivity index (χ3v) is 4.08. The van der Waals surface area contributed by atoms with Crippen molar-refractivity contribution in [3.63, 3.8) is 0 Å². The third-order valence-electron chi connectivity index (χ3n) is 4.08. The first-order chi connectivity index (χ1) is 7.65. The van der Waals surface area contributed by atoms with Crippen LogP contribution in [0.3, 0.4) is 0 Å². The Kier molecular flexibility index (Phi) is 5.28. The second kappa shape index (κ2) is 6.25. The molecule has 0 amide bonds. The minimum absolute atomic E-state index is 0.0976. The number of nitriles is 1. The Morgan fingerprint density at radius 1 is 1.44 bits per heavy atom. The molecule has 1 rings (SSSR count). The molecular formula is C14H25NO. The van der Waals surface area contributed by atoms with Gasteiger partial charge in [0, 0.05) is 7.11 Å². The second-order valence-corrected chi connectivity index (χ2v) is 5.37. The Morgan fingerprint density at radius 2 is 2.06 bits per heavy atom. The zero-order chi connectivity index (χ0) is 12.0. The highest BCUT2D eigenvalue weighted by Gasteiger charge is 2.36. The van der Waals surface area contributed by atoms with Gasteiger partial charge in [-0.3, -0.25) is 0 Å². The maximum absolute atomic E-state index is 9.40. The lowest BCUT2D eigenvalue weighted by Crippen LogP contribution is -2.30. The highest BCUT2D eigenvalue weighted by molar-refractivity contribution is 5.02. The average Bonchev–Trinajstić information content (AvgIpc) is 2.32. The van der Waals surface area contributed by atoms with E-state index >= 15 is 0 Å². The van der Waals surface area contributed by atoms with Crippen molar-refractivity contribution < 1.29 is 4.74 Å². The molecule has 1 atom stereocenters. The van der Waals surface area contributed by atoms with Crippen molar-refractivity contribution in [3.05, 3.63) is 0 Å². The summed E-state index contributed by atoms with van der Waals surface area (Å²) in [5.74, 6) is 0.865. The second-order valence-electron chi connectivity index (χ2n) is 5.37. The molecule has 0 aromatic rings.